The van der Waals surface area contributed by atoms with Crippen molar-refractivity contribution in [2.75, 3.05) is 6.61 Å². The van der Waals surface area contributed by atoms with E-state index in [0.29, 0.717) is 6.61 Å². The Kier molecular flexibility index (Phi) is 38.9. The van der Waals surface area contributed by atoms with Crippen molar-refractivity contribution >= 4 is 11.9 Å². The zero-order valence-electron chi connectivity index (χ0n) is 29.8. The van der Waals surface area contributed by atoms with E-state index >= 15 is 0 Å². The van der Waals surface area contributed by atoms with Crippen molar-refractivity contribution in [3.63, 3.8) is 0 Å². The first-order valence-electron chi connectivity index (χ1n) is 18.3. The van der Waals surface area contributed by atoms with E-state index in [1.54, 1.807) is 0 Å². The second kappa shape index (κ2) is 38.9. The number of unbranched alkanes of at least 4 members (excludes halogenated alkanes) is 16. The second-order valence-electron chi connectivity index (χ2n) is 11.9. The zero-order chi connectivity index (χ0) is 32.8. The number of allylic oxidation sites excluding steroid dienone is 6. The van der Waals surface area contributed by atoms with E-state index in [1.165, 1.54) is 129 Å². The fraction of sp³-hybridized carbons (Fsp3) is 0.750. The maximum atomic E-state index is 11.1. The summed E-state index contributed by atoms with van der Waals surface area (Å²) in [6.45, 7) is 9.94. The van der Waals surface area contributed by atoms with Crippen LogP contribution in [0.1, 0.15) is 182 Å². The quantitative estimate of drug-likeness (QED) is 0.0476. The van der Waals surface area contributed by atoms with Crippen molar-refractivity contribution in [3.05, 3.63) is 48.6 Å². The molecule has 0 rings (SSSR count). The first-order chi connectivity index (χ1) is 21.5. The molecule has 0 spiro atoms. The molecule has 0 saturated carbocycles. The average molecular weight is 617 g/mol. The monoisotopic (exact) mass is 617 g/mol. The highest BCUT2D eigenvalue weighted by Crippen LogP contribution is 2.14. The van der Waals surface area contributed by atoms with Crippen LogP contribution in [-0.4, -0.2) is 24.6 Å². The predicted molar refractivity (Wildman–Crippen MR) is 192 cm³/mol. The van der Waals surface area contributed by atoms with E-state index in [2.05, 4.69) is 56.4 Å². The Morgan fingerprint density at radius 3 is 1.34 bits per heavy atom. The minimum atomic E-state index is -0.190. The SMILES string of the molecule is C/C=C\CC(CCCCCCCC=CCCCC)OC(C)=O.CCCC/C=C\CCCCCCCC/C=C\CCOC(C)=O. The van der Waals surface area contributed by atoms with Gasteiger partial charge in [-0.3, -0.25) is 9.59 Å². The lowest BCUT2D eigenvalue weighted by Crippen LogP contribution is -2.15. The summed E-state index contributed by atoms with van der Waals surface area (Å²) in [5, 5.41) is 0. The third-order valence-corrected chi connectivity index (χ3v) is 7.39. The molecule has 0 aromatic carbocycles. The molecule has 0 heterocycles. The molecule has 0 aliphatic rings. The minimum absolute atomic E-state index is 0.0650. The molecule has 1 unspecified atom stereocenters. The lowest BCUT2D eigenvalue weighted by molar-refractivity contribution is -0.146. The predicted octanol–water partition coefficient (Wildman–Crippen LogP) is 12.7. The van der Waals surface area contributed by atoms with Crippen LogP contribution in [0.25, 0.3) is 0 Å². The van der Waals surface area contributed by atoms with Crippen LogP contribution < -0.4 is 0 Å². The number of ether oxygens (including phenoxy) is 2. The van der Waals surface area contributed by atoms with Crippen LogP contribution in [0.5, 0.6) is 0 Å². The van der Waals surface area contributed by atoms with Gasteiger partial charge in [-0.15, -0.1) is 0 Å². The molecule has 0 saturated heterocycles. The highest BCUT2D eigenvalue weighted by atomic mass is 16.5. The van der Waals surface area contributed by atoms with Crippen molar-refractivity contribution in [3.8, 4) is 0 Å². The van der Waals surface area contributed by atoms with E-state index < -0.39 is 0 Å². The van der Waals surface area contributed by atoms with Gasteiger partial charge in [0.05, 0.1) is 6.61 Å². The maximum Gasteiger partial charge on any atom is 0.302 e. The fourth-order valence-corrected chi connectivity index (χ4v) is 4.77. The van der Waals surface area contributed by atoms with Crippen LogP contribution in [0, 0.1) is 0 Å². The van der Waals surface area contributed by atoms with E-state index in [9.17, 15) is 9.59 Å². The summed E-state index contributed by atoms with van der Waals surface area (Å²) in [7, 11) is 0. The van der Waals surface area contributed by atoms with Gasteiger partial charge in [-0.2, -0.15) is 0 Å². The van der Waals surface area contributed by atoms with Gasteiger partial charge in [-0.05, 0) is 77.6 Å². The van der Waals surface area contributed by atoms with Crippen LogP contribution in [0.15, 0.2) is 48.6 Å². The molecular formula is C40H72O4. The number of hydrogen-bond donors (Lipinski definition) is 0. The molecule has 0 amide bonds. The van der Waals surface area contributed by atoms with Gasteiger partial charge in [-0.1, -0.05) is 133 Å². The first-order valence-corrected chi connectivity index (χ1v) is 18.3. The number of hydrogen-bond acceptors (Lipinski definition) is 4. The van der Waals surface area contributed by atoms with E-state index in [0.717, 1.165) is 32.1 Å². The molecular weight excluding hydrogens is 544 g/mol. The second-order valence-corrected chi connectivity index (χ2v) is 11.9. The number of esters is 2. The molecule has 0 N–H and O–H groups in total. The molecule has 0 radical (unpaired) electrons. The Balaban J connectivity index is 0. The normalized spacial score (nSPS) is 12.3. The first kappa shape index (κ1) is 44.0. The van der Waals surface area contributed by atoms with Gasteiger partial charge in [0, 0.05) is 20.3 Å². The Labute approximate surface area is 274 Å². The lowest BCUT2D eigenvalue weighted by atomic mass is 10.0. The average Bonchev–Trinajstić information content (AvgIpc) is 3.00. The third kappa shape index (κ3) is 42.0. The molecule has 0 aliphatic heterocycles. The van der Waals surface area contributed by atoms with Gasteiger partial charge < -0.3 is 9.47 Å². The van der Waals surface area contributed by atoms with Crippen LogP contribution in [0.4, 0.5) is 0 Å². The lowest BCUT2D eigenvalue weighted by Gasteiger charge is -2.15. The number of carbonyl (C=O) groups excluding carboxylic acids is 2. The number of rotatable bonds is 29. The third-order valence-electron chi connectivity index (χ3n) is 7.39. The van der Waals surface area contributed by atoms with Crippen LogP contribution in [0.3, 0.4) is 0 Å². The summed E-state index contributed by atoms with van der Waals surface area (Å²) < 4.78 is 10.2. The van der Waals surface area contributed by atoms with Gasteiger partial charge in [0.2, 0.25) is 0 Å². The van der Waals surface area contributed by atoms with Crippen LogP contribution in [-0.2, 0) is 19.1 Å². The highest BCUT2D eigenvalue weighted by molar-refractivity contribution is 5.66. The molecule has 1 atom stereocenters. The van der Waals surface area contributed by atoms with Gasteiger partial charge in [-0.25, -0.2) is 0 Å². The smallest absolute Gasteiger partial charge is 0.302 e. The summed E-state index contributed by atoms with van der Waals surface area (Å²) in [5.41, 5.74) is 0. The van der Waals surface area contributed by atoms with Crippen molar-refractivity contribution in [1.82, 2.24) is 0 Å². The van der Waals surface area contributed by atoms with Crippen molar-refractivity contribution in [2.45, 2.75) is 188 Å². The summed E-state index contributed by atoms with van der Waals surface area (Å²) in [6, 6.07) is 0. The molecule has 256 valence electrons. The largest absolute Gasteiger partial charge is 0.466 e. The standard InChI is InChI=1S/2C20H36O2/c1-4-6-8-9-10-11-12-13-14-15-16-18-20(17-7-5-2)22-19(3)21;1-3-4-5-6-7-8-9-10-11-12-13-14-15-16-17-18-19-22-20(2)21/h5,7,9-10,20H,4,6,8,11-18H2,1-3H3;6-7,16-17H,3-5,8-15,18-19H2,1-2H3/b7-5-,10-9?;7-6-,17-16-. The van der Waals surface area contributed by atoms with Crippen LogP contribution >= 0.6 is 0 Å². The Morgan fingerprint density at radius 1 is 0.523 bits per heavy atom. The van der Waals surface area contributed by atoms with Gasteiger partial charge in [0.25, 0.3) is 0 Å². The van der Waals surface area contributed by atoms with Crippen molar-refractivity contribution in [2.24, 2.45) is 0 Å². The van der Waals surface area contributed by atoms with E-state index in [-0.39, 0.29) is 18.0 Å². The topological polar surface area (TPSA) is 52.6 Å². The van der Waals surface area contributed by atoms with E-state index in [1.807, 2.05) is 13.0 Å². The Bertz CT molecular complexity index is 719. The fourth-order valence-electron chi connectivity index (χ4n) is 4.77. The summed E-state index contributed by atoms with van der Waals surface area (Å²) >= 11 is 0. The van der Waals surface area contributed by atoms with E-state index in [4.69, 9.17) is 9.47 Å². The molecule has 0 fully saturated rings. The van der Waals surface area contributed by atoms with Gasteiger partial charge in [0.15, 0.2) is 0 Å². The molecule has 0 aromatic heterocycles. The molecule has 44 heavy (non-hydrogen) atoms. The molecule has 0 aliphatic carbocycles. The highest BCUT2D eigenvalue weighted by Gasteiger charge is 2.09. The van der Waals surface area contributed by atoms with Crippen molar-refractivity contribution in [1.29, 1.82) is 0 Å². The molecule has 0 aromatic rings. The van der Waals surface area contributed by atoms with Gasteiger partial charge >= 0.3 is 11.9 Å². The summed E-state index contributed by atoms with van der Waals surface area (Å²) in [5.74, 6) is -0.353. The zero-order valence-corrected chi connectivity index (χ0v) is 29.8. The number of carbonyl (C=O) groups is 2. The molecule has 4 heteroatoms. The molecule has 0 bridgehead atoms. The maximum absolute atomic E-state index is 11.1. The Morgan fingerprint density at radius 2 is 0.932 bits per heavy atom. The van der Waals surface area contributed by atoms with Crippen LogP contribution in [0.2, 0.25) is 0 Å². The minimum Gasteiger partial charge on any atom is -0.466 e. The summed E-state index contributed by atoms with van der Waals surface area (Å²) in [4.78, 5) is 21.6. The summed E-state index contributed by atoms with van der Waals surface area (Å²) in [6.07, 6.45) is 46.2. The van der Waals surface area contributed by atoms with Crippen molar-refractivity contribution < 1.29 is 19.1 Å². The Hall–Kier alpha value is -2.10. The molecule has 4 nitrogen and oxygen atoms in total. The van der Waals surface area contributed by atoms with Gasteiger partial charge in [0.1, 0.15) is 6.10 Å².